The number of anilines is 1. The van der Waals surface area contributed by atoms with Gasteiger partial charge in [-0.15, -0.1) is 11.3 Å². The summed E-state index contributed by atoms with van der Waals surface area (Å²) in [5, 5.41) is 3.72. The fraction of sp³-hybridized carbons (Fsp3) is 0.714. The van der Waals surface area contributed by atoms with E-state index in [1.807, 2.05) is 13.1 Å². The highest BCUT2D eigenvalue weighted by Crippen LogP contribution is 2.20. The number of thiazole rings is 1. The SMILES string of the molecule is CC(C(=O)NC1CC1)N1CCN(Cc2cnc(N)s2)CC1. The highest BCUT2D eigenvalue weighted by Gasteiger charge is 2.29. The second-order valence-corrected chi connectivity index (χ2v) is 7.08. The molecule has 2 fully saturated rings. The van der Waals surface area contributed by atoms with Gasteiger partial charge in [-0.2, -0.15) is 0 Å². The smallest absolute Gasteiger partial charge is 0.237 e. The number of aromatic nitrogens is 1. The van der Waals surface area contributed by atoms with E-state index in [0.29, 0.717) is 11.2 Å². The molecule has 0 radical (unpaired) electrons. The van der Waals surface area contributed by atoms with Gasteiger partial charge < -0.3 is 11.1 Å². The largest absolute Gasteiger partial charge is 0.375 e. The Balaban J connectivity index is 1.44. The van der Waals surface area contributed by atoms with Crippen molar-refractivity contribution in [3.63, 3.8) is 0 Å². The van der Waals surface area contributed by atoms with Gasteiger partial charge in [0, 0.05) is 49.8 Å². The van der Waals surface area contributed by atoms with Crippen molar-refractivity contribution in [2.24, 2.45) is 0 Å². The molecule has 1 aromatic heterocycles. The van der Waals surface area contributed by atoms with Crippen molar-refractivity contribution in [1.29, 1.82) is 0 Å². The standard InChI is InChI=1S/C14H23N5OS/c1-10(13(20)17-11-2-3-11)19-6-4-18(5-7-19)9-12-8-16-14(15)21-12/h8,10-11H,2-7,9H2,1H3,(H2,15,16)(H,17,20). The summed E-state index contributed by atoms with van der Waals surface area (Å²) in [7, 11) is 0. The molecule has 0 spiro atoms. The van der Waals surface area contributed by atoms with Crippen LogP contribution in [0.1, 0.15) is 24.6 Å². The van der Waals surface area contributed by atoms with Gasteiger partial charge in [-0.3, -0.25) is 14.6 Å². The minimum absolute atomic E-state index is 0.0215. The first kappa shape index (κ1) is 14.7. The van der Waals surface area contributed by atoms with Crippen LogP contribution in [-0.2, 0) is 11.3 Å². The molecule has 21 heavy (non-hydrogen) atoms. The van der Waals surface area contributed by atoms with E-state index in [1.54, 1.807) is 11.3 Å². The number of rotatable bonds is 5. The van der Waals surface area contributed by atoms with Crippen molar-refractivity contribution in [1.82, 2.24) is 20.1 Å². The Kier molecular flexibility index (Phi) is 4.42. The van der Waals surface area contributed by atoms with Gasteiger partial charge in [0.05, 0.1) is 6.04 Å². The van der Waals surface area contributed by atoms with Crippen molar-refractivity contribution in [3.8, 4) is 0 Å². The number of nitrogens with two attached hydrogens (primary N) is 1. The Hall–Kier alpha value is -1.18. The third-order valence-electron chi connectivity index (χ3n) is 4.21. The molecule has 7 heteroatoms. The van der Waals surface area contributed by atoms with Crippen LogP contribution in [-0.4, -0.2) is 59.0 Å². The van der Waals surface area contributed by atoms with Gasteiger partial charge in [0.1, 0.15) is 0 Å². The maximum atomic E-state index is 12.1. The number of hydrogen-bond acceptors (Lipinski definition) is 6. The third kappa shape index (κ3) is 3.93. The van der Waals surface area contributed by atoms with Crippen molar-refractivity contribution < 1.29 is 4.79 Å². The van der Waals surface area contributed by atoms with Gasteiger partial charge in [-0.05, 0) is 19.8 Å². The molecule has 0 bridgehead atoms. The minimum atomic E-state index is -0.0215. The van der Waals surface area contributed by atoms with Crippen molar-refractivity contribution in [3.05, 3.63) is 11.1 Å². The van der Waals surface area contributed by atoms with Crippen LogP contribution in [0.15, 0.2) is 6.20 Å². The van der Waals surface area contributed by atoms with Crippen molar-refractivity contribution >= 4 is 22.4 Å². The third-order valence-corrected chi connectivity index (χ3v) is 5.02. The van der Waals surface area contributed by atoms with Crippen molar-refractivity contribution in [2.75, 3.05) is 31.9 Å². The van der Waals surface area contributed by atoms with Gasteiger partial charge in [0.2, 0.25) is 5.91 Å². The van der Waals surface area contributed by atoms with E-state index >= 15 is 0 Å². The predicted octanol–water partition coefficient (Wildman–Crippen LogP) is 0.510. The average Bonchev–Trinajstić information content (AvgIpc) is 3.20. The molecule has 1 amide bonds. The first-order valence-corrected chi connectivity index (χ1v) is 8.40. The lowest BCUT2D eigenvalue weighted by atomic mass is 10.2. The summed E-state index contributed by atoms with van der Waals surface area (Å²) in [5.41, 5.74) is 5.66. The van der Waals surface area contributed by atoms with Crippen LogP contribution < -0.4 is 11.1 Å². The van der Waals surface area contributed by atoms with Gasteiger partial charge >= 0.3 is 0 Å². The second kappa shape index (κ2) is 6.29. The predicted molar refractivity (Wildman–Crippen MR) is 84.0 cm³/mol. The van der Waals surface area contributed by atoms with Gasteiger partial charge in [0.25, 0.3) is 0 Å². The number of nitrogens with zero attached hydrogens (tertiary/aromatic N) is 3. The summed E-state index contributed by atoms with van der Waals surface area (Å²) < 4.78 is 0. The topological polar surface area (TPSA) is 74.5 Å². The first-order chi connectivity index (χ1) is 10.1. The molecule has 2 aliphatic rings. The van der Waals surface area contributed by atoms with E-state index in [2.05, 4.69) is 20.1 Å². The maximum absolute atomic E-state index is 12.1. The molecule has 6 nitrogen and oxygen atoms in total. The normalized spacial score (nSPS) is 22.1. The highest BCUT2D eigenvalue weighted by atomic mass is 32.1. The van der Waals surface area contributed by atoms with Crippen LogP contribution in [0.4, 0.5) is 5.13 Å². The zero-order valence-electron chi connectivity index (χ0n) is 12.4. The number of carbonyl (C=O) groups excluding carboxylic acids is 1. The fourth-order valence-electron chi connectivity index (χ4n) is 2.64. The van der Waals surface area contributed by atoms with Crippen molar-refractivity contribution in [2.45, 2.75) is 38.4 Å². The summed E-state index contributed by atoms with van der Waals surface area (Å²) in [5.74, 6) is 0.182. The average molecular weight is 309 g/mol. The van der Waals surface area contributed by atoms with Crippen LogP contribution in [0.2, 0.25) is 0 Å². The summed E-state index contributed by atoms with van der Waals surface area (Å²) >= 11 is 1.55. The van der Waals surface area contributed by atoms with Crippen LogP contribution in [0.25, 0.3) is 0 Å². The molecule has 1 saturated carbocycles. The number of nitrogen functional groups attached to an aromatic ring is 1. The Morgan fingerprint density at radius 2 is 2.19 bits per heavy atom. The summed E-state index contributed by atoms with van der Waals surface area (Å²) in [4.78, 5) is 22.0. The molecular weight excluding hydrogens is 286 g/mol. The van der Waals surface area contributed by atoms with E-state index < -0.39 is 0 Å². The molecule has 1 atom stereocenters. The van der Waals surface area contributed by atoms with E-state index in [1.165, 1.54) is 4.88 Å². The van der Waals surface area contributed by atoms with Gasteiger partial charge in [0.15, 0.2) is 5.13 Å². The second-order valence-electron chi connectivity index (χ2n) is 5.94. The first-order valence-electron chi connectivity index (χ1n) is 7.59. The Bertz CT molecular complexity index is 493. The summed E-state index contributed by atoms with van der Waals surface area (Å²) in [6.07, 6.45) is 4.15. The molecule has 3 rings (SSSR count). The zero-order chi connectivity index (χ0) is 14.8. The zero-order valence-corrected chi connectivity index (χ0v) is 13.2. The molecule has 1 aromatic rings. The quantitative estimate of drug-likeness (QED) is 0.829. The van der Waals surface area contributed by atoms with Crippen LogP contribution >= 0.6 is 11.3 Å². The van der Waals surface area contributed by atoms with Gasteiger partial charge in [-0.1, -0.05) is 0 Å². The molecular formula is C14H23N5OS. The van der Waals surface area contributed by atoms with E-state index in [-0.39, 0.29) is 11.9 Å². The van der Waals surface area contributed by atoms with Crippen LogP contribution in [0, 0.1) is 0 Å². The van der Waals surface area contributed by atoms with E-state index in [4.69, 9.17) is 5.73 Å². The molecule has 1 saturated heterocycles. The number of piperazine rings is 1. The maximum Gasteiger partial charge on any atom is 0.237 e. The molecule has 1 aliphatic carbocycles. The Morgan fingerprint density at radius 3 is 2.76 bits per heavy atom. The summed E-state index contributed by atoms with van der Waals surface area (Å²) in [6.45, 7) is 6.77. The monoisotopic (exact) mass is 309 g/mol. The number of carbonyl (C=O) groups is 1. The van der Waals surface area contributed by atoms with Crippen LogP contribution in [0.3, 0.4) is 0 Å². The molecule has 116 valence electrons. The number of amides is 1. The Morgan fingerprint density at radius 1 is 1.48 bits per heavy atom. The molecule has 0 aromatic carbocycles. The fourth-order valence-corrected chi connectivity index (χ4v) is 3.37. The molecule has 3 N–H and O–H groups in total. The lowest BCUT2D eigenvalue weighted by molar-refractivity contribution is -0.126. The molecule has 2 heterocycles. The minimum Gasteiger partial charge on any atom is -0.375 e. The van der Waals surface area contributed by atoms with Gasteiger partial charge in [-0.25, -0.2) is 4.98 Å². The van der Waals surface area contributed by atoms with E-state index in [0.717, 1.165) is 45.6 Å². The van der Waals surface area contributed by atoms with E-state index in [9.17, 15) is 4.79 Å². The lowest BCUT2D eigenvalue weighted by Crippen LogP contribution is -2.53. The highest BCUT2D eigenvalue weighted by molar-refractivity contribution is 7.15. The Labute approximate surface area is 129 Å². The number of hydrogen-bond donors (Lipinski definition) is 2. The molecule has 1 unspecified atom stereocenters. The summed E-state index contributed by atoms with van der Waals surface area (Å²) in [6, 6.07) is 0.421. The van der Waals surface area contributed by atoms with Crippen LogP contribution in [0.5, 0.6) is 0 Å². The molecule has 1 aliphatic heterocycles. The number of nitrogens with one attached hydrogen (secondary N) is 1. The lowest BCUT2D eigenvalue weighted by Gasteiger charge is -2.37.